The highest BCUT2D eigenvalue weighted by atomic mass is 35.5. The second-order valence-electron chi connectivity index (χ2n) is 5.58. The number of carbonyl (C=O) groups excluding carboxylic acids is 1. The summed E-state index contributed by atoms with van der Waals surface area (Å²) in [5, 5.41) is 10.8. The summed E-state index contributed by atoms with van der Waals surface area (Å²) in [7, 11) is 0. The minimum Gasteiger partial charge on any atom is -0.396 e. The van der Waals surface area contributed by atoms with Crippen LogP contribution in [0, 0.1) is 5.82 Å². The van der Waals surface area contributed by atoms with Crippen LogP contribution in [0.25, 0.3) is 0 Å². The predicted octanol–water partition coefficient (Wildman–Crippen LogP) is 3.33. The molecule has 1 aliphatic carbocycles. The molecule has 114 valence electrons. The minimum absolute atomic E-state index is 0.0544. The zero-order chi connectivity index (χ0) is 15.9. The largest absolute Gasteiger partial charge is 0.396 e. The van der Waals surface area contributed by atoms with Gasteiger partial charge in [-0.1, -0.05) is 17.7 Å². The first-order valence-corrected chi connectivity index (χ1v) is 7.38. The van der Waals surface area contributed by atoms with E-state index in [4.69, 9.17) is 17.3 Å². The third kappa shape index (κ3) is 2.72. The maximum atomic E-state index is 13.2. The molecular formula is C17H15ClFNO2. The van der Waals surface area contributed by atoms with Gasteiger partial charge in [-0.3, -0.25) is 4.79 Å². The summed E-state index contributed by atoms with van der Waals surface area (Å²) in [6.07, 6.45) is 0.0329. The van der Waals surface area contributed by atoms with Crippen molar-refractivity contribution in [2.24, 2.45) is 0 Å². The zero-order valence-corrected chi connectivity index (χ0v) is 12.5. The molecule has 2 aromatic carbocycles. The first-order valence-electron chi connectivity index (χ1n) is 7.00. The van der Waals surface area contributed by atoms with Crippen LogP contribution < -0.4 is 5.73 Å². The second kappa shape index (κ2) is 5.71. The Hall–Kier alpha value is -1.91. The smallest absolute Gasteiger partial charge is 0.163 e. The number of rotatable bonds is 3. The summed E-state index contributed by atoms with van der Waals surface area (Å²) in [6.45, 7) is 0. The fourth-order valence-corrected chi connectivity index (χ4v) is 3.13. The van der Waals surface area contributed by atoms with E-state index in [-0.39, 0.29) is 23.8 Å². The van der Waals surface area contributed by atoms with Gasteiger partial charge in [0, 0.05) is 22.9 Å². The number of halogens is 2. The third-order valence-electron chi connectivity index (χ3n) is 4.12. The molecule has 0 fully saturated rings. The van der Waals surface area contributed by atoms with Gasteiger partial charge in [0.05, 0.1) is 11.8 Å². The van der Waals surface area contributed by atoms with Crippen molar-refractivity contribution >= 4 is 23.1 Å². The lowest BCUT2D eigenvalue weighted by molar-refractivity contribution is 0.0921. The fraction of sp³-hybridized carbons (Fsp3) is 0.235. The van der Waals surface area contributed by atoms with Gasteiger partial charge in [0.2, 0.25) is 0 Å². The number of aliphatic hydroxyl groups is 1. The van der Waals surface area contributed by atoms with Crippen molar-refractivity contribution in [3.05, 3.63) is 63.9 Å². The van der Waals surface area contributed by atoms with E-state index in [9.17, 15) is 14.3 Å². The maximum absolute atomic E-state index is 13.2. The molecular weight excluding hydrogens is 305 g/mol. The Morgan fingerprint density at radius 1 is 1.32 bits per heavy atom. The number of nitrogen functional groups attached to an aromatic ring is 1. The quantitative estimate of drug-likeness (QED) is 0.673. The highest BCUT2D eigenvalue weighted by molar-refractivity contribution is 6.30. The highest BCUT2D eigenvalue weighted by Gasteiger charge is 2.33. The van der Waals surface area contributed by atoms with E-state index >= 15 is 0 Å². The average molecular weight is 320 g/mol. The van der Waals surface area contributed by atoms with Gasteiger partial charge >= 0.3 is 0 Å². The molecule has 3 rings (SSSR count). The van der Waals surface area contributed by atoms with E-state index in [1.54, 1.807) is 12.1 Å². The molecule has 2 aromatic rings. The lowest BCUT2D eigenvalue weighted by atomic mass is 9.91. The number of fused-ring (bicyclic) bond motifs is 1. The van der Waals surface area contributed by atoms with Crippen molar-refractivity contribution in [3.63, 3.8) is 0 Å². The number of nitrogens with two attached hydrogens (primary N) is 1. The Bertz CT molecular complexity index is 747. The van der Waals surface area contributed by atoms with Crippen molar-refractivity contribution in [1.82, 2.24) is 0 Å². The standard InChI is InChI=1S/C17H15ClFNO2/c18-11-3-1-9-6-17(22)13(12(9)7-11)8-16(21)10-2-4-14(19)15(20)5-10/h1-5,7,13,17,22H,6,8,20H2/t13-,17+/m1/s1. The van der Waals surface area contributed by atoms with Crippen LogP contribution in [0.1, 0.15) is 33.8 Å². The lowest BCUT2D eigenvalue weighted by Crippen LogP contribution is -2.17. The molecule has 0 saturated heterocycles. The number of aliphatic hydroxyl groups excluding tert-OH is 1. The molecule has 2 atom stereocenters. The second-order valence-corrected chi connectivity index (χ2v) is 6.02. The molecule has 1 aliphatic rings. The van der Waals surface area contributed by atoms with Crippen LogP contribution in [0.15, 0.2) is 36.4 Å². The molecule has 5 heteroatoms. The Kier molecular flexibility index (Phi) is 3.89. The van der Waals surface area contributed by atoms with Crippen molar-refractivity contribution in [3.8, 4) is 0 Å². The van der Waals surface area contributed by atoms with Gasteiger partial charge in [-0.2, -0.15) is 0 Å². The van der Waals surface area contributed by atoms with Gasteiger partial charge in [-0.15, -0.1) is 0 Å². The van der Waals surface area contributed by atoms with Gasteiger partial charge in [-0.05, 0) is 47.9 Å². The highest BCUT2D eigenvalue weighted by Crippen LogP contribution is 2.38. The normalized spacial score (nSPS) is 20.0. The Morgan fingerprint density at radius 3 is 2.82 bits per heavy atom. The Balaban J connectivity index is 1.85. The van der Waals surface area contributed by atoms with Crippen LogP contribution in [-0.2, 0) is 6.42 Å². The molecule has 0 aromatic heterocycles. The van der Waals surface area contributed by atoms with E-state index in [0.717, 1.165) is 11.1 Å². The summed E-state index contributed by atoms with van der Waals surface area (Å²) in [5.41, 5.74) is 7.70. The number of Topliss-reactive ketones (excluding diaryl/α,β-unsaturated/α-hetero) is 1. The predicted molar refractivity (Wildman–Crippen MR) is 83.7 cm³/mol. The molecule has 22 heavy (non-hydrogen) atoms. The van der Waals surface area contributed by atoms with Gasteiger partial charge in [0.15, 0.2) is 5.78 Å². The van der Waals surface area contributed by atoms with Crippen LogP contribution in [0.2, 0.25) is 5.02 Å². The first-order chi connectivity index (χ1) is 10.5. The Morgan fingerprint density at radius 2 is 2.09 bits per heavy atom. The molecule has 0 heterocycles. The summed E-state index contributed by atoms with van der Waals surface area (Å²) in [4.78, 5) is 12.4. The van der Waals surface area contributed by atoms with E-state index in [1.807, 2.05) is 6.07 Å². The number of anilines is 1. The van der Waals surface area contributed by atoms with E-state index < -0.39 is 11.9 Å². The van der Waals surface area contributed by atoms with Gasteiger partial charge in [-0.25, -0.2) is 4.39 Å². The number of hydrogen-bond donors (Lipinski definition) is 2. The minimum atomic E-state index is -0.616. The summed E-state index contributed by atoms with van der Waals surface area (Å²) >= 11 is 6.00. The number of ketones is 1. The molecule has 0 spiro atoms. The van der Waals surface area contributed by atoms with Crippen molar-refractivity contribution in [1.29, 1.82) is 0 Å². The summed E-state index contributed by atoms with van der Waals surface area (Å²) in [6, 6.07) is 9.37. The third-order valence-corrected chi connectivity index (χ3v) is 4.36. The van der Waals surface area contributed by atoms with Crippen LogP contribution >= 0.6 is 11.6 Å². The lowest BCUT2D eigenvalue weighted by Gasteiger charge is -2.15. The van der Waals surface area contributed by atoms with E-state index in [1.165, 1.54) is 18.2 Å². The van der Waals surface area contributed by atoms with Crippen LogP contribution in [0.3, 0.4) is 0 Å². The average Bonchev–Trinajstić information content (AvgIpc) is 2.78. The van der Waals surface area contributed by atoms with Gasteiger partial charge < -0.3 is 10.8 Å². The van der Waals surface area contributed by atoms with Crippen LogP contribution in [-0.4, -0.2) is 17.0 Å². The maximum Gasteiger partial charge on any atom is 0.163 e. The monoisotopic (exact) mass is 319 g/mol. The summed E-state index contributed by atoms with van der Waals surface area (Å²) < 4.78 is 13.2. The molecule has 3 nitrogen and oxygen atoms in total. The van der Waals surface area contributed by atoms with Crippen LogP contribution in [0.5, 0.6) is 0 Å². The number of carbonyl (C=O) groups is 1. The molecule has 0 radical (unpaired) electrons. The topological polar surface area (TPSA) is 63.3 Å². The molecule has 0 unspecified atom stereocenters. The molecule has 3 N–H and O–H groups in total. The number of hydrogen-bond acceptors (Lipinski definition) is 3. The Labute approximate surface area is 132 Å². The summed E-state index contributed by atoms with van der Waals surface area (Å²) in [5.74, 6) is -1.02. The fourth-order valence-electron chi connectivity index (χ4n) is 2.95. The van der Waals surface area contributed by atoms with Crippen molar-refractivity contribution in [2.75, 3.05) is 5.73 Å². The van der Waals surface area contributed by atoms with Crippen molar-refractivity contribution in [2.45, 2.75) is 24.9 Å². The number of benzene rings is 2. The van der Waals surface area contributed by atoms with Gasteiger partial charge in [0.1, 0.15) is 5.82 Å². The van der Waals surface area contributed by atoms with Gasteiger partial charge in [0.25, 0.3) is 0 Å². The molecule has 0 bridgehead atoms. The van der Waals surface area contributed by atoms with E-state index in [2.05, 4.69) is 0 Å². The molecule has 0 amide bonds. The van der Waals surface area contributed by atoms with Crippen molar-refractivity contribution < 1.29 is 14.3 Å². The molecule has 0 aliphatic heterocycles. The SMILES string of the molecule is Nc1cc(C(=O)C[C@@H]2c3cc(Cl)ccc3C[C@@H]2O)ccc1F. The molecule has 0 saturated carbocycles. The first kappa shape index (κ1) is 15.0. The van der Waals surface area contributed by atoms with E-state index in [0.29, 0.717) is 17.0 Å². The van der Waals surface area contributed by atoms with Crippen LogP contribution in [0.4, 0.5) is 10.1 Å². The zero-order valence-electron chi connectivity index (χ0n) is 11.7.